The first-order valence-corrected chi connectivity index (χ1v) is 8.42. The van der Waals surface area contributed by atoms with Crippen molar-refractivity contribution < 1.29 is 8.42 Å². The lowest BCUT2D eigenvalue weighted by molar-refractivity contribution is 0.581. The molecule has 2 heterocycles. The number of anilines is 1. The quantitative estimate of drug-likeness (QED) is 0.849. The third-order valence-corrected chi connectivity index (χ3v) is 4.82. The second kappa shape index (κ2) is 6.29. The third kappa shape index (κ3) is 3.75. The molecule has 0 aliphatic rings. The number of aromatic nitrogens is 2. The van der Waals surface area contributed by atoms with Gasteiger partial charge < -0.3 is 5.32 Å². The second-order valence-electron chi connectivity index (χ2n) is 4.08. The molecule has 2 N–H and O–H groups in total. The van der Waals surface area contributed by atoms with Crippen LogP contribution in [0.3, 0.4) is 0 Å². The number of aryl methyl sites for hydroxylation is 1. The molecule has 0 aliphatic carbocycles. The summed E-state index contributed by atoms with van der Waals surface area (Å²) in [5.41, 5.74) is 0. The van der Waals surface area contributed by atoms with Gasteiger partial charge in [-0.05, 0) is 19.9 Å². The molecule has 0 aliphatic heterocycles. The Hall–Kier alpha value is -1.51. The van der Waals surface area contributed by atoms with Gasteiger partial charge in [0.05, 0.1) is 9.90 Å². The molecule has 0 spiro atoms. The lowest BCUT2D eigenvalue weighted by atomic mass is 10.4. The van der Waals surface area contributed by atoms with Gasteiger partial charge in [0.15, 0.2) is 0 Å². The molecule has 0 saturated heterocycles. The summed E-state index contributed by atoms with van der Waals surface area (Å²) in [7, 11) is -3.54. The number of pyridine rings is 1. The molecule has 0 aromatic carbocycles. The second-order valence-corrected chi connectivity index (χ2v) is 7.16. The zero-order chi connectivity index (χ0) is 14.6. The molecule has 0 atom stereocenters. The van der Waals surface area contributed by atoms with E-state index in [-0.39, 0.29) is 11.4 Å². The van der Waals surface area contributed by atoms with Gasteiger partial charge in [0.1, 0.15) is 5.82 Å². The summed E-state index contributed by atoms with van der Waals surface area (Å²) in [6, 6.07) is 2.99. The molecule has 2 aromatic rings. The van der Waals surface area contributed by atoms with Crippen LogP contribution >= 0.6 is 11.3 Å². The fourth-order valence-corrected chi connectivity index (χ4v) is 3.44. The Kier molecular flexibility index (Phi) is 4.69. The summed E-state index contributed by atoms with van der Waals surface area (Å²) >= 11 is 1.47. The van der Waals surface area contributed by atoms with Crippen molar-refractivity contribution in [3.05, 3.63) is 34.4 Å². The molecule has 2 rings (SSSR count). The van der Waals surface area contributed by atoms with E-state index in [0.29, 0.717) is 12.4 Å². The van der Waals surface area contributed by atoms with Crippen LogP contribution in [0.1, 0.15) is 16.8 Å². The average Bonchev–Trinajstić information content (AvgIpc) is 2.83. The van der Waals surface area contributed by atoms with Crippen molar-refractivity contribution >= 4 is 27.2 Å². The number of nitrogens with one attached hydrogen (secondary N) is 2. The number of hydrogen-bond donors (Lipinski definition) is 2. The topological polar surface area (TPSA) is 84.0 Å². The summed E-state index contributed by atoms with van der Waals surface area (Å²) in [6.07, 6.45) is 3.16. The molecular weight excluding hydrogens is 296 g/mol. The average molecular weight is 312 g/mol. The van der Waals surface area contributed by atoms with E-state index < -0.39 is 10.0 Å². The van der Waals surface area contributed by atoms with E-state index in [0.717, 1.165) is 9.88 Å². The molecule has 108 valence electrons. The van der Waals surface area contributed by atoms with Crippen LogP contribution in [0, 0.1) is 6.92 Å². The van der Waals surface area contributed by atoms with E-state index in [1.165, 1.54) is 29.7 Å². The molecule has 0 bridgehead atoms. The van der Waals surface area contributed by atoms with Crippen LogP contribution in [0.15, 0.2) is 29.4 Å². The van der Waals surface area contributed by atoms with Crippen molar-refractivity contribution in [2.45, 2.75) is 25.3 Å². The third-order valence-electron chi connectivity index (χ3n) is 2.51. The normalized spacial score (nSPS) is 11.5. The minimum Gasteiger partial charge on any atom is -0.370 e. The summed E-state index contributed by atoms with van der Waals surface area (Å²) < 4.78 is 26.9. The van der Waals surface area contributed by atoms with Crippen LogP contribution in [-0.4, -0.2) is 24.9 Å². The highest BCUT2D eigenvalue weighted by Crippen LogP contribution is 2.15. The lowest BCUT2D eigenvalue weighted by Crippen LogP contribution is -2.23. The van der Waals surface area contributed by atoms with Crippen LogP contribution in [0.4, 0.5) is 5.82 Å². The van der Waals surface area contributed by atoms with Gasteiger partial charge in [0.2, 0.25) is 10.0 Å². The number of sulfonamides is 1. The molecule has 0 saturated carbocycles. The van der Waals surface area contributed by atoms with Gasteiger partial charge in [-0.2, -0.15) is 0 Å². The fraction of sp³-hybridized carbons (Fsp3) is 0.333. The summed E-state index contributed by atoms with van der Waals surface area (Å²) in [6.45, 7) is 4.73. The highest BCUT2D eigenvalue weighted by atomic mass is 32.2. The Balaban J connectivity index is 2.11. The van der Waals surface area contributed by atoms with Crippen molar-refractivity contribution in [3.8, 4) is 0 Å². The molecule has 6 nitrogen and oxygen atoms in total. The van der Waals surface area contributed by atoms with Crippen LogP contribution in [0.25, 0.3) is 0 Å². The Bertz CT molecular complexity index is 682. The van der Waals surface area contributed by atoms with Crippen LogP contribution in [0.2, 0.25) is 0 Å². The smallest absolute Gasteiger partial charge is 0.241 e. The molecule has 0 radical (unpaired) electrons. The van der Waals surface area contributed by atoms with E-state index in [1.807, 2.05) is 13.8 Å². The van der Waals surface area contributed by atoms with E-state index in [4.69, 9.17) is 0 Å². The monoisotopic (exact) mass is 312 g/mol. The maximum Gasteiger partial charge on any atom is 0.241 e. The van der Waals surface area contributed by atoms with Crippen molar-refractivity contribution in [2.24, 2.45) is 0 Å². The Morgan fingerprint density at radius 3 is 2.80 bits per heavy atom. The number of rotatable bonds is 6. The summed E-state index contributed by atoms with van der Waals surface area (Å²) in [5, 5.41) is 3.90. The Labute approximate surface area is 122 Å². The first kappa shape index (κ1) is 14.9. The number of hydrogen-bond acceptors (Lipinski definition) is 6. The van der Waals surface area contributed by atoms with Crippen molar-refractivity contribution in [1.29, 1.82) is 0 Å². The van der Waals surface area contributed by atoms with Gasteiger partial charge in [-0.25, -0.2) is 23.1 Å². The van der Waals surface area contributed by atoms with Crippen molar-refractivity contribution in [1.82, 2.24) is 14.7 Å². The summed E-state index contributed by atoms with van der Waals surface area (Å²) in [5.74, 6) is 0.545. The van der Waals surface area contributed by atoms with Crippen LogP contribution in [-0.2, 0) is 16.6 Å². The van der Waals surface area contributed by atoms with Crippen molar-refractivity contribution in [2.75, 3.05) is 11.9 Å². The maximum atomic E-state index is 12.2. The molecule has 8 heteroatoms. The maximum absolute atomic E-state index is 12.2. The van der Waals surface area contributed by atoms with Crippen molar-refractivity contribution in [3.63, 3.8) is 0 Å². The van der Waals surface area contributed by atoms with Gasteiger partial charge in [-0.1, -0.05) is 0 Å². The standard InChI is InChI=1S/C12H16N4O2S2/c1-3-13-12-6-11(4-5-14-12)20(17,18)16-8-10-7-15-9(2)19-10/h4-7,16H,3,8H2,1-2H3,(H,13,14). The minimum absolute atomic E-state index is 0.199. The van der Waals surface area contributed by atoms with Gasteiger partial charge in [0.25, 0.3) is 0 Å². The Morgan fingerprint density at radius 1 is 1.35 bits per heavy atom. The molecule has 0 amide bonds. The zero-order valence-electron chi connectivity index (χ0n) is 11.3. The molecular formula is C12H16N4O2S2. The van der Waals surface area contributed by atoms with Gasteiger partial charge in [-0.15, -0.1) is 11.3 Å². The molecule has 0 unspecified atom stereocenters. The fourth-order valence-electron chi connectivity index (χ4n) is 1.59. The van der Waals surface area contributed by atoms with E-state index >= 15 is 0 Å². The lowest BCUT2D eigenvalue weighted by Gasteiger charge is -2.07. The molecule has 0 fully saturated rings. The summed E-state index contributed by atoms with van der Waals surface area (Å²) in [4.78, 5) is 9.23. The van der Waals surface area contributed by atoms with E-state index in [2.05, 4.69) is 20.0 Å². The zero-order valence-corrected chi connectivity index (χ0v) is 12.9. The predicted octanol–water partition coefficient (Wildman–Crippen LogP) is 1.76. The molecule has 20 heavy (non-hydrogen) atoms. The first-order valence-electron chi connectivity index (χ1n) is 6.12. The number of nitrogens with zero attached hydrogens (tertiary/aromatic N) is 2. The number of thiazole rings is 1. The highest BCUT2D eigenvalue weighted by molar-refractivity contribution is 7.89. The largest absolute Gasteiger partial charge is 0.370 e. The van der Waals surface area contributed by atoms with Gasteiger partial charge >= 0.3 is 0 Å². The van der Waals surface area contributed by atoms with Crippen LogP contribution in [0.5, 0.6) is 0 Å². The minimum atomic E-state index is -3.54. The SMILES string of the molecule is CCNc1cc(S(=O)(=O)NCc2cnc(C)s2)ccn1. The van der Waals surface area contributed by atoms with Crippen LogP contribution < -0.4 is 10.0 Å². The van der Waals surface area contributed by atoms with Gasteiger partial charge in [0, 0.05) is 36.4 Å². The van der Waals surface area contributed by atoms with E-state index in [9.17, 15) is 8.42 Å². The van der Waals surface area contributed by atoms with E-state index in [1.54, 1.807) is 6.20 Å². The highest BCUT2D eigenvalue weighted by Gasteiger charge is 2.15. The molecule has 2 aromatic heterocycles. The first-order chi connectivity index (χ1) is 9.51. The Morgan fingerprint density at radius 2 is 2.15 bits per heavy atom. The predicted molar refractivity (Wildman–Crippen MR) is 79.3 cm³/mol. The van der Waals surface area contributed by atoms with Gasteiger partial charge in [-0.3, -0.25) is 0 Å².